The number of benzene rings is 1. The van der Waals surface area contributed by atoms with Gasteiger partial charge in [0.1, 0.15) is 5.82 Å². The van der Waals surface area contributed by atoms with Crippen molar-refractivity contribution in [3.8, 4) is 11.6 Å². The van der Waals surface area contributed by atoms with E-state index in [0.29, 0.717) is 18.1 Å². The van der Waals surface area contributed by atoms with Gasteiger partial charge < -0.3 is 9.64 Å². The highest BCUT2D eigenvalue weighted by atomic mass is 19.1. The Morgan fingerprint density at radius 1 is 1.19 bits per heavy atom. The number of carbonyl (C=O) groups excluding carboxylic acids is 1. The van der Waals surface area contributed by atoms with Crippen LogP contribution in [0.25, 0.3) is 5.69 Å². The molecule has 0 radical (unpaired) electrons. The fourth-order valence-electron chi connectivity index (χ4n) is 4.98. The molecule has 2 fully saturated rings. The summed E-state index contributed by atoms with van der Waals surface area (Å²) in [6.07, 6.45) is 8.71. The molecule has 2 aliphatic rings. The zero-order valence-corrected chi connectivity index (χ0v) is 17.4. The molecule has 4 heterocycles. The van der Waals surface area contributed by atoms with Crippen LogP contribution in [0.3, 0.4) is 0 Å². The van der Waals surface area contributed by atoms with E-state index in [9.17, 15) is 9.18 Å². The van der Waals surface area contributed by atoms with Crippen molar-refractivity contribution in [1.82, 2.24) is 19.7 Å². The first-order chi connectivity index (χ1) is 15.1. The minimum atomic E-state index is -0.383. The third kappa shape index (κ3) is 3.80. The molecule has 3 aromatic rings. The first-order valence-corrected chi connectivity index (χ1v) is 10.8. The lowest BCUT2D eigenvalue weighted by Crippen LogP contribution is -2.49. The van der Waals surface area contributed by atoms with Gasteiger partial charge in [-0.25, -0.2) is 14.1 Å². The highest BCUT2D eigenvalue weighted by molar-refractivity contribution is 5.98. The molecule has 2 saturated heterocycles. The monoisotopic (exact) mass is 420 g/mol. The number of amides is 1. The van der Waals surface area contributed by atoms with Crippen molar-refractivity contribution in [2.75, 3.05) is 6.61 Å². The van der Waals surface area contributed by atoms with Gasteiger partial charge in [0.15, 0.2) is 0 Å². The molecule has 0 N–H and O–H groups in total. The Balaban J connectivity index is 1.38. The molecule has 0 spiro atoms. The molecule has 160 valence electrons. The second kappa shape index (κ2) is 8.13. The maximum absolute atomic E-state index is 13.8. The van der Waals surface area contributed by atoms with E-state index in [4.69, 9.17) is 4.74 Å². The Morgan fingerprint density at radius 3 is 2.84 bits per heavy atom. The van der Waals surface area contributed by atoms with Gasteiger partial charge in [0.25, 0.3) is 5.91 Å². The Kier molecular flexibility index (Phi) is 5.18. The topological polar surface area (TPSA) is 60.2 Å². The van der Waals surface area contributed by atoms with Crippen LogP contribution < -0.4 is 4.74 Å². The van der Waals surface area contributed by atoms with Crippen LogP contribution in [0.1, 0.15) is 41.6 Å². The van der Waals surface area contributed by atoms with Crippen molar-refractivity contribution in [2.24, 2.45) is 5.92 Å². The van der Waals surface area contributed by atoms with Crippen LogP contribution in [0.4, 0.5) is 4.39 Å². The molecular weight excluding hydrogens is 395 g/mol. The number of aromatic nitrogens is 3. The number of ether oxygens (including phenoxy) is 1. The summed E-state index contributed by atoms with van der Waals surface area (Å²) in [6.45, 7) is 2.47. The highest BCUT2D eigenvalue weighted by Crippen LogP contribution is 2.40. The van der Waals surface area contributed by atoms with Crippen LogP contribution >= 0.6 is 0 Å². The van der Waals surface area contributed by atoms with Gasteiger partial charge in [0, 0.05) is 36.5 Å². The summed E-state index contributed by atoms with van der Waals surface area (Å²) >= 11 is 0. The number of pyridine rings is 1. The number of hydrogen-bond acceptors (Lipinski definition) is 4. The van der Waals surface area contributed by atoms with E-state index in [1.54, 1.807) is 16.9 Å². The number of rotatable bonds is 5. The Hall–Kier alpha value is -3.22. The van der Waals surface area contributed by atoms with Gasteiger partial charge in [-0.05, 0) is 56.9 Å². The van der Waals surface area contributed by atoms with Gasteiger partial charge >= 0.3 is 0 Å². The third-order valence-electron chi connectivity index (χ3n) is 6.47. The standard InChI is InChI=1S/C24H25FN4O2/c1-16-3-8-22(28-12-2-11-27-28)20(13-16)24(30)29-19-6-4-17(21(29)9-7-19)15-31-23-10-5-18(25)14-26-23/h2-3,5,8,10-14,17,19,21H,4,6-7,9,15H2,1H3/t17-,19?,21?/m1/s1. The number of carbonyl (C=O) groups is 1. The molecule has 2 aromatic heterocycles. The molecule has 5 rings (SSSR count). The molecule has 3 atom stereocenters. The van der Waals surface area contributed by atoms with E-state index < -0.39 is 0 Å². The molecule has 1 amide bonds. The highest BCUT2D eigenvalue weighted by Gasteiger charge is 2.45. The molecule has 2 unspecified atom stereocenters. The fraction of sp³-hybridized carbons (Fsp3) is 0.375. The quantitative estimate of drug-likeness (QED) is 0.621. The summed E-state index contributed by atoms with van der Waals surface area (Å²) in [6, 6.07) is 11.1. The first kappa shape index (κ1) is 19.7. The van der Waals surface area contributed by atoms with Crippen LogP contribution in [0.2, 0.25) is 0 Å². The van der Waals surface area contributed by atoms with Crippen molar-refractivity contribution < 1.29 is 13.9 Å². The van der Waals surface area contributed by atoms with Crippen LogP contribution in [0, 0.1) is 18.7 Å². The average molecular weight is 420 g/mol. The van der Waals surface area contributed by atoms with Crippen molar-refractivity contribution in [1.29, 1.82) is 0 Å². The summed E-state index contributed by atoms with van der Waals surface area (Å²) in [5.74, 6) is 0.324. The predicted molar refractivity (Wildman–Crippen MR) is 114 cm³/mol. The zero-order valence-electron chi connectivity index (χ0n) is 17.4. The summed E-state index contributed by atoms with van der Waals surface area (Å²) in [7, 11) is 0. The molecule has 7 heteroatoms. The van der Waals surface area contributed by atoms with E-state index in [-0.39, 0.29) is 29.7 Å². The maximum Gasteiger partial charge on any atom is 0.256 e. The van der Waals surface area contributed by atoms with Crippen molar-refractivity contribution in [3.63, 3.8) is 0 Å². The number of piperidine rings is 1. The molecule has 31 heavy (non-hydrogen) atoms. The summed E-state index contributed by atoms with van der Waals surface area (Å²) in [5.41, 5.74) is 2.53. The van der Waals surface area contributed by atoms with Crippen molar-refractivity contribution in [3.05, 3.63) is 71.9 Å². The molecule has 6 nitrogen and oxygen atoms in total. The third-order valence-corrected chi connectivity index (χ3v) is 6.47. The van der Waals surface area contributed by atoms with E-state index in [2.05, 4.69) is 15.0 Å². The lowest BCUT2D eigenvalue weighted by molar-refractivity contribution is 0.0403. The van der Waals surface area contributed by atoms with Gasteiger partial charge in [-0.15, -0.1) is 0 Å². The zero-order chi connectivity index (χ0) is 21.4. The van der Waals surface area contributed by atoms with Gasteiger partial charge in [0.05, 0.1) is 24.1 Å². The van der Waals surface area contributed by atoms with E-state index in [1.165, 1.54) is 6.07 Å². The Bertz CT molecular complexity index is 1070. The van der Waals surface area contributed by atoms with Crippen molar-refractivity contribution in [2.45, 2.75) is 44.7 Å². The SMILES string of the molecule is Cc1ccc(-n2cccn2)c(C(=O)N2C3CCC2[C@@H](COc2ccc(F)cn2)CC3)c1. The lowest BCUT2D eigenvalue weighted by Gasteiger charge is -2.40. The van der Waals surface area contributed by atoms with Crippen LogP contribution in [0.5, 0.6) is 5.88 Å². The predicted octanol–water partition coefficient (Wildman–Crippen LogP) is 4.18. The normalized spacial score (nSPS) is 22.5. The van der Waals surface area contributed by atoms with E-state index in [1.807, 2.05) is 37.4 Å². The minimum absolute atomic E-state index is 0.0614. The minimum Gasteiger partial charge on any atom is -0.477 e. The number of nitrogens with zero attached hydrogens (tertiary/aromatic N) is 4. The second-order valence-electron chi connectivity index (χ2n) is 8.45. The van der Waals surface area contributed by atoms with Crippen LogP contribution in [0.15, 0.2) is 55.0 Å². The van der Waals surface area contributed by atoms with Gasteiger partial charge in [-0.2, -0.15) is 5.10 Å². The maximum atomic E-state index is 13.8. The average Bonchev–Trinajstić information content (AvgIpc) is 3.41. The van der Waals surface area contributed by atoms with Gasteiger partial charge in [-0.3, -0.25) is 4.79 Å². The molecule has 0 aliphatic carbocycles. The molecular formula is C24H25FN4O2. The summed E-state index contributed by atoms with van der Waals surface area (Å²) in [5, 5.41) is 4.33. The first-order valence-electron chi connectivity index (χ1n) is 10.8. The number of aryl methyl sites for hydroxylation is 1. The van der Waals surface area contributed by atoms with Gasteiger partial charge in [-0.1, -0.05) is 11.6 Å². The van der Waals surface area contributed by atoms with Crippen LogP contribution in [-0.4, -0.2) is 44.3 Å². The van der Waals surface area contributed by atoms with Gasteiger partial charge in [0.2, 0.25) is 5.88 Å². The molecule has 1 aromatic carbocycles. The van der Waals surface area contributed by atoms with Crippen LogP contribution in [-0.2, 0) is 0 Å². The van der Waals surface area contributed by atoms with E-state index >= 15 is 0 Å². The number of hydrogen-bond donors (Lipinski definition) is 0. The molecule has 0 saturated carbocycles. The number of halogens is 1. The van der Waals surface area contributed by atoms with E-state index in [0.717, 1.165) is 43.1 Å². The Morgan fingerprint density at radius 2 is 2.06 bits per heavy atom. The molecule has 2 aliphatic heterocycles. The largest absolute Gasteiger partial charge is 0.477 e. The fourth-order valence-corrected chi connectivity index (χ4v) is 4.98. The smallest absolute Gasteiger partial charge is 0.256 e. The second-order valence-corrected chi connectivity index (χ2v) is 8.45. The van der Waals surface area contributed by atoms with Crippen molar-refractivity contribution >= 4 is 5.91 Å². The Labute approximate surface area is 180 Å². The molecule has 2 bridgehead atoms. The summed E-state index contributed by atoms with van der Waals surface area (Å²) < 4.78 is 20.7. The summed E-state index contributed by atoms with van der Waals surface area (Å²) in [4.78, 5) is 19.8. The number of fused-ring (bicyclic) bond motifs is 2. The lowest BCUT2D eigenvalue weighted by atomic mass is 9.90.